The molecule has 2 aromatic heterocycles. The smallest absolute Gasteiger partial charge is 0.419 e. The van der Waals surface area contributed by atoms with Gasteiger partial charge in [-0.2, -0.15) is 0 Å². The molecule has 0 aliphatic carbocycles. The Balaban J connectivity index is 1.02. The number of guanidine groups is 1. The Labute approximate surface area is 624 Å². The largest absolute Gasteiger partial charge is 0.487 e. The van der Waals surface area contributed by atoms with Crippen molar-refractivity contribution in [2.75, 3.05) is 20.2 Å². The van der Waals surface area contributed by atoms with Crippen molar-refractivity contribution in [1.82, 2.24) is 56.1 Å². The summed E-state index contributed by atoms with van der Waals surface area (Å²) in [5, 5.41) is 29.4. The third kappa shape index (κ3) is 18.9. The summed E-state index contributed by atoms with van der Waals surface area (Å²) in [4.78, 5) is 123. The Hall–Kier alpha value is -11.2. The van der Waals surface area contributed by atoms with Crippen molar-refractivity contribution < 1.29 is 61.0 Å². The van der Waals surface area contributed by atoms with E-state index in [1.165, 1.54) is 10.8 Å². The van der Waals surface area contributed by atoms with Crippen molar-refractivity contribution in [3.05, 3.63) is 220 Å². The highest BCUT2D eigenvalue weighted by Crippen LogP contribution is 2.44. The van der Waals surface area contributed by atoms with Crippen LogP contribution in [0.5, 0.6) is 5.75 Å². The van der Waals surface area contributed by atoms with Gasteiger partial charge in [-0.25, -0.2) is 27.7 Å². The number of fused-ring (bicyclic) bond motifs is 2. The first-order chi connectivity index (χ1) is 51.0. The number of carbonyl (C=O) groups is 8. The van der Waals surface area contributed by atoms with Crippen molar-refractivity contribution in [2.45, 2.75) is 178 Å². The Morgan fingerprint density at radius 3 is 1.82 bits per heavy atom. The lowest BCUT2D eigenvalue weighted by molar-refractivity contribution is -0.145. The van der Waals surface area contributed by atoms with E-state index in [0.29, 0.717) is 63.0 Å². The van der Waals surface area contributed by atoms with Crippen molar-refractivity contribution in [1.29, 1.82) is 5.41 Å². The average molecular weight is 1480 g/mol. The van der Waals surface area contributed by atoms with Crippen LogP contribution in [0.1, 0.15) is 136 Å². The van der Waals surface area contributed by atoms with E-state index in [9.17, 15) is 27.6 Å². The van der Waals surface area contributed by atoms with Gasteiger partial charge in [0.25, 0.3) is 10.0 Å². The number of nitrogens with zero attached hydrogens (tertiary/aromatic N) is 3. The molecule has 6 amide bonds. The molecule has 2 aliphatic rings. The van der Waals surface area contributed by atoms with Gasteiger partial charge < -0.3 is 56.0 Å². The number of hydrogen-bond acceptors (Lipinski definition) is 15. The molecule has 8 aromatic rings. The molecule has 10 rings (SSSR count). The van der Waals surface area contributed by atoms with E-state index in [1.807, 2.05) is 116 Å². The molecule has 0 saturated carbocycles. The minimum atomic E-state index is -4.39. The molecule has 2 aliphatic heterocycles. The summed E-state index contributed by atoms with van der Waals surface area (Å²) < 4.78 is 51.4. The zero-order chi connectivity index (χ0) is 77.0. The van der Waals surface area contributed by atoms with Crippen molar-refractivity contribution >= 4 is 74.4 Å². The number of nitrogens with one attached hydrogen (secondary N) is 9. The highest BCUT2D eigenvalue weighted by Gasteiger charge is 2.41. The van der Waals surface area contributed by atoms with Crippen LogP contribution in [0.25, 0.3) is 10.9 Å². The maximum absolute atomic E-state index is 15.6. The summed E-state index contributed by atoms with van der Waals surface area (Å²) in [6, 6.07) is 37.9. The third-order valence-corrected chi connectivity index (χ3v) is 21.0. The van der Waals surface area contributed by atoms with E-state index < -0.39 is 116 Å². The van der Waals surface area contributed by atoms with E-state index in [4.69, 9.17) is 24.6 Å². The summed E-state index contributed by atoms with van der Waals surface area (Å²) in [5.74, 6) is -6.41. The first-order valence-electron chi connectivity index (χ1n) is 36.1. The van der Waals surface area contributed by atoms with Crippen molar-refractivity contribution in [2.24, 2.45) is 5.92 Å². The molecule has 1 saturated heterocycles. The van der Waals surface area contributed by atoms with Crippen LogP contribution in [0.2, 0.25) is 0 Å². The monoisotopic (exact) mass is 1480 g/mol. The van der Waals surface area contributed by atoms with Gasteiger partial charge in [-0.05, 0) is 138 Å². The van der Waals surface area contributed by atoms with Crippen molar-refractivity contribution in [3.8, 4) is 5.75 Å². The topological polar surface area (TPSA) is 341 Å². The number of sulfonamides is 1. The predicted octanol–water partition coefficient (Wildman–Crippen LogP) is 8.33. The molecule has 0 unspecified atom stereocenters. The Morgan fingerprint density at radius 1 is 0.673 bits per heavy atom. The van der Waals surface area contributed by atoms with Crippen LogP contribution >= 0.6 is 0 Å². The molecule has 1 fully saturated rings. The fourth-order valence-corrected chi connectivity index (χ4v) is 15.5. The lowest BCUT2D eigenvalue weighted by Crippen LogP contribution is -2.60. The molecule has 0 radical (unpaired) electrons. The van der Waals surface area contributed by atoms with E-state index in [0.717, 1.165) is 29.4 Å². The van der Waals surface area contributed by atoms with Crippen LogP contribution in [0.3, 0.4) is 0 Å². The van der Waals surface area contributed by atoms with Crippen LogP contribution in [-0.2, 0) is 84.3 Å². The molecular weight excluding hydrogens is 1380 g/mol. The second-order valence-corrected chi connectivity index (χ2v) is 30.7. The van der Waals surface area contributed by atoms with E-state index in [2.05, 4.69) is 41.9 Å². The van der Waals surface area contributed by atoms with Crippen LogP contribution in [0.4, 0.5) is 4.79 Å². The number of rotatable bonds is 17. The fourth-order valence-electron chi connectivity index (χ4n) is 14.0. The number of esters is 1. The van der Waals surface area contributed by atoms with Gasteiger partial charge in [0.2, 0.25) is 41.4 Å². The summed E-state index contributed by atoms with van der Waals surface area (Å²) >= 11 is 0. The normalized spacial score (nSPS) is 19.5. The SMILES string of the molecule is COC(=O)[C@@H]1CCCCNC(=O)C[C@H](C)C(=O)N[C@@H](Cc2cn(C(c3ccccc3)(c3ccccc3)c3ccccc3)cn2)C(=O)N[C@H](Cc2ccccc2)C(=O)N[C@@H](CCCNC(=N)NS(=O)(=O)c2c(C)c(C)c3c(c2C)CC(C)(C)O3)C(=O)N[C@@H](Cc2cn(C(=O)OC(C)(C)C)c3ccccc23)C(=O)N1. The van der Waals surface area contributed by atoms with Gasteiger partial charge in [0.15, 0.2) is 0 Å². The second kappa shape index (κ2) is 34.0. The fraction of sp³-hybridized carbons (Fsp3) is 0.383. The maximum atomic E-state index is 15.6. The van der Waals surface area contributed by atoms with Crippen LogP contribution in [0, 0.1) is 32.1 Å². The summed E-state index contributed by atoms with van der Waals surface area (Å²) in [6.45, 7) is 15.7. The van der Waals surface area contributed by atoms with Gasteiger partial charge in [0.1, 0.15) is 52.7 Å². The summed E-state index contributed by atoms with van der Waals surface area (Å²) in [6.07, 6.45) is 4.02. The van der Waals surface area contributed by atoms with Crippen LogP contribution < -0.4 is 46.7 Å². The number of aromatic nitrogens is 3. The Morgan fingerprint density at radius 2 is 1.21 bits per heavy atom. The van der Waals surface area contributed by atoms with E-state index >= 15 is 19.2 Å². The Kier molecular flexibility index (Phi) is 24.9. The average Bonchev–Trinajstić information content (AvgIpc) is 1.72. The number of amides is 6. The van der Waals surface area contributed by atoms with Gasteiger partial charge in [0, 0.05) is 74.5 Å². The van der Waals surface area contributed by atoms with E-state index in [-0.39, 0.29) is 69.4 Å². The molecule has 4 heterocycles. The number of carbonyl (C=O) groups excluding carboxylic acids is 8. The lowest BCUT2D eigenvalue weighted by atomic mass is 9.77. The highest BCUT2D eigenvalue weighted by atomic mass is 32.2. The molecule has 107 heavy (non-hydrogen) atoms. The van der Waals surface area contributed by atoms with Gasteiger partial charge >= 0.3 is 12.1 Å². The van der Waals surface area contributed by atoms with Gasteiger partial charge in [0.05, 0.1) is 29.5 Å². The number of methoxy groups -OCH3 is 1. The molecule has 6 atom stereocenters. The molecule has 564 valence electrons. The lowest BCUT2D eigenvalue weighted by Gasteiger charge is -2.37. The summed E-state index contributed by atoms with van der Waals surface area (Å²) in [5.41, 5.74) is 4.28. The van der Waals surface area contributed by atoms with E-state index in [1.54, 1.807) is 109 Å². The first-order valence-corrected chi connectivity index (χ1v) is 37.5. The predicted molar refractivity (Wildman–Crippen MR) is 405 cm³/mol. The van der Waals surface area contributed by atoms with Crippen molar-refractivity contribution in [3.63, 3.8) is 0 Å². The van der Waals surface area contributed by atoms with Gasteiger partial charge in [-0.1, -0.05) is 146 Å². The number of ether oxygens (including phenoxy) is 3. The number of benzene rings is 6. The highest BCUT2D eigenvalue weighted by molar-refractivity contribution is 7.90. The molecule has 25 nitrogen and oxygen atoms in total. The van der Waals surface area contributed by atoms with Gasteiger partial charge in [-0.3, -0.25) is 38.7 Å². The molecule has 26 heteroatoms. The number of para-hydroxylation sites is 1. The molecule has 6 aromatic carbocycles. The number of imidazole rings is 1. The zero-order valence-corrected chi connectivity index (χ0v) is 62.9. The quantitative estimate of drug-likeness (QED) is 0.0136. The second-order valence-electron chi connectivity index (χ2n) is 29.1. The number of hydrogen-bond donors (Lipinski definition) is 9. The molecule has 0 bridgehead atoms. The minimum absolute atomic E-state index is 0.00843. The third-order valence-electron chi connectivity index (χ3n) is 19.4. The standard InChI is InChI=1S/C81H96N12O13S/c1-50-42-68(94)83-40-26-25-37-63(76(100)104-10)87-74(98)65(44-55-47-93(78(101)106-79(5,6)7)67-39-24-23-36-60(55)67)90-72(96)62(38-27-41-84-77(82)91-107(102,103)70-52(3)51(2)69-61(53(70)4)46-80(8,9)105-69)86-73(97)64(43-54-28-15-11-16-29-54)89-75(99)66(88-71(50)95)45-59-48-92(49-85-59)81(56-30-17-12-18-31-56,57-32-19-13-20-33-57)58-34-21-14-22-35-58/h11-24,28-36,39,47-50,62-66H,25-27,37-38,40-46H2,1-10H3,(H,83,94)(H,86,97)(H,87,98)(H,88,95)(H,89,99)(H,90,96)(H3,82,84,91)/t50-,62-,63-,64+,65-,66-/m0/s1. The maximum Gasteiger partial charge on any atom is 0.419 e. The first kappa shape index (κ1) is 78.4. The summed E-state index contributed by atoms with van der Waals surface area (Å²) in [7, 11) is -3.23. The minimum Gasteiger partial charge on any atom is -0.487 e. The Bertz CT molecular complexity index is 4600. The molecular formula is C81H96N12O13S. The van der Waals surface area contributed by atoms with Crippen LogP contribution in [0.15, 0.2) is 169 Å². The zero-order valence-electron chi connectivity index (χ0n) is 62.1. The van der Waals surface area contributed by atoms with Crippen LogP contribution in [-0.4, -0.2) is 138 Å². The molecule has 0 spiro atoms. The van der Waals surface area contributed by atoms with Gasteiger partial charge in [-0.15, -0.1) is 0 Å². The molecule has 9 N–H and O–H groups in total.